The van der Waals surface area contributed by atoms with Crippen molar-refractivity contribution in [2.45, 2.75) is 19.3 Å². The monoisotopic (exact) mass is 334 g/mol. The second kappa shape index (κ2) is 8.01. The average molecular weight is 334 g/mol. The zero-order valence-electron chi connectivity index (χ0n) is 13.7. The molecule has 0 unspecified atom stereocenters. The number of hydrogen-bond acceptors (Lipinski definition) is 5. The Balaban J connectivity index is 1.74. The van der Waals surface area contributed by atoms with Gasteiger partial charge in [0, 0.05) is 30.1 Å². The van der Waals surface area contributed by atoms with Crippen LogP contribution in [0.25, 0.3) is 11.4 Å². The molecule has 0 aliphatic rings. The molecule has 126 valence electrons. The summed E-state index contributed by atoms with van der Waals surface area (Å²) in [6.45, 7) is 3.63. The topological polar surface area (TPSA) is 80.9 Å². The summed E-state index contributed by atoms with van der Waals surface area (Å²) in [5.74, 6) is 0.927. The third-order valence-electron chi connectivity index (χ3n) is 3.60. The Morgan fingerprint density at radius 1 is 1.24 bits per heavy atom. The van der Waals surface area contributed by atoms with Gasteiger partial charge in [-0.1, -0.05) is 29.4 Å². The van der Waals surface area contributed by atoms with Crippen molar-refractivity contribution in [2.75, 3.05) is 5.32 Å². The Kier molecular flexibility index (Phi) is 5.31. The van der Waals surface area contributed by atoms with E-state index < -0.39 is 0 Å². The number of carbonyl (C=O) groups excluding carboxylic acids is 1. The molecular weight excluding hydrogens is 316 g/mol. The van der Waals surface area contributed by atoms with Crippen LogP contribution in [-0.2, 0) is 11.2 Å². The molecule has 3 aromatic rings. The summed E-state index contributed by atoms with van der Waals surface area (Å²) in [5, 5.41) is 6.91. The molecule has 0 bridgehead atoms. The van der Waals surface area contributed by atoms with E-state index in [1.807, 2.05) is 36.4 Å². The first-order valence-corrected chi connectivity index (χ1v) is 7.98. The first-order valence-electron chi connectivity index (χ1n) is 7.98. The number of nitrogens with one attached hydrogen (secondary N) is 1. The summed E-state index contributed by atoms with van der Waals surface area (Å²) < 4.78 is 5.33. The molecule has 0 spiro atoms. The molecule has 0 saturated carbocycles. The standard InChI is InChI=1S/C19H18N4O2/c1-2-3-10-17(24)21-16-9-5-4-7-14(16)12-18-22-19(23-25-18)15-8-6-11-20-13-15/h2,4-9,11,13H,1,3,10,12H2,(H,21,24). The van der Waals surface area contributed by atoms with Crippen LogP contribution >= 0.6 is 0 Å². The fourth-order valence-electron chi connectivity index (χ4n) is 2.34. The normalized spacial score (nSPS) is 10.4. The number of anilines is 1. The van der Waals surface area contributed by atoms with Crippen LogP contribution < -0.4 is 5.32 Å². The van der Waals surface area contributed by atoms with Crippen LogP contribution in [0.15, 0.2) is 66.0 Å². The third-order valence-corrected chi connectivity index (χ3v) is 3.60. The largest absolute Gasteiger partial charge is 0.339 e. The van der Waals surface area contributed by atoms with Crippen LogP contribution in [0.3, 0.4) is 0 Å². The Hall–Kier alpha value is -3.28. The van der Waals surface area contributed by atoms with Gasteiger partial charge in [0.1, 0.15) is 0 Å². The predicted molar refractivity (Wildman–Crippen MR) is 94.8 cm³/mol. The van der Waals surface area contributed by atoms with Gasteiger partial charge in [-0.15, -0.1) is 6.58 Å². The lowest BCUT2D eigenvalue weighted by Crippen LogP contribution is -2.12. The van der Waals surface area contributed by atoms with Crippen LogP contribution in [0.5, 0.6) is 0 Å². The van der Waals surface area contributed by atoms with Gasteiger partial charge in [0.15, 0.2) is 0 Å². The molecule has 0 saturated heterocycles. The van der Waals surface area contributed by atoms with Gasteiger partial charge in [0.05, 0.1) is 6.42 Å². The van der Waals surface area contributed by atoms with E-state index >= 15 is 0 Å². The summed E-state index contributed by atoms with van der Waals surface area (Å²) in [7, 11) is 0. The lowest BCUT2D eigenvalue weighted by atomic mass is 10.1. The minimum absolute atomic E-state index is 0.0473. The summed E-state index contributed by atoms with van der Waals surface area (Å²) in [4.78, 5) is 20.4. The molecule has 2 heterocycles. The third kappa shape index (κ3) is 4.38. The van der Waals surface area contributed by atoms with Crippen molar-refractivity contribution in [2.24, 2.45) is 0 Å². The maximum absolute atomic E-state index is 11.9. The Morgan fingerprint density at radius 2 is 2.12 bits per heavy atom. The zero-order chi connectivity index (χ0) is 17.5. The highest BCUT2D eigenvalue weighted by atomic mass is 16.5. The van der Waals surface area contributed by atoms with E-state index in [2.05, 4.69) is 27.0 Å². The van der Waals surface area contributed by atoms with Crippen LogP contribution in [0.1, 0.15) is 24.3 Å². The molecule has 25 heavy (non-hydrogen) atoms. The molecular formula is C19H18N4O2. The molecule has 2 aromatic heterocycles. The molecule has 0 atom stereocenters. The molecule has 3 rings (SSSR count). The lowest BCUT2D eigenvalue weighted by Gasteiger charge is -2.09. The Morgan fingerprint density at radius 3 is 2.92 bits per heavy atom. The van der Waals surface area contributed by atoms with Crippen molar-refractivity contribution in [1.29, 1.82) is 0 Å². The van der Waals surface area contributed by atoms with Crippen molar-refractivity contribution in [3.63, 3.8) is 0 Å². The number of nitrogens with zero attached hydrogens (tertiary/aromatic N) is 3. The van der Waals surface area contributed by atoms with Crippen molar-refractivity contribution >= 4 is 11.6 Å². The van der Waals surface area contributed by atoms with Gasteiger partial charge in [-0.05, 0) is 30.2 Å². The number of rotatable bonds is 7. The maximum Gasteiger partial charge on any atom is 0.231 e. The number of aromatic nitrogens is 3. The Labute approximate surface area is 145 Å². The van der Waals surface area contributed by atoms with Crippen molar-refractivity contribution in [1.82, 2.24) is 15.1 Å². The fourth-order valence-corrected chi connectivity index (χ4v) is 2.34. The fraction of sp³-hybridized carbons (Fsp3) is 0.158. The molecule has 0 aliphatic heterocycles. The van der Waals surface area contributed by atoms with E-state index in [9.17, 15) is 4.79 Å². The minimum Gasteiger partial charge on any atom is -0.339 e. The van der Waals surface area contributed by atoms with Gasteiger partial charge < -0.3 is 9.84 Å². The SMILES string of the molecule is C=CCCC(=O)Nc1ccccc1Cc1nc(-c2cccnc2)no1. The van der Waals surface area contributed by atoms with Gasteiger partial charge in [-0.25, -0.2) is 0 Å². The van der Waals surface area contributed by atoms with Crippen LogP contribution in [-0.4, -0.2) is 21.0 Å². The van der Waals surface area contributed by atoms with Gasteiger partial charge in [-0.3, -0.25) is 9.78 Å². The second-order valence-corrected chi connectivity index (χ2v) is 5.46. The lowest BCUT2D eigenvalue weighted by molar-refractivity contribution is -0.116. The molecule has 1 aromatic carbocycles. The average Bonchev–Trinajstić information content (AvgIpc) is 3.11. The Bertz CT molecular complexity index is 859. The van der Waals surface area contributed by atoms with E-state index in [0.29, 0.717) is 31.0 Å². The van der Waals surface area contributed by atoms with Crippen LogP contribution in [0.2, 0.25) is 0 Å². The summed E-state index contributed by atoms with van der Waals surface area (Å²) in [5.41, 5.74) is 2.46. The zero-order valence-corrected chi connectivity index (χ0v) is 13.7. The van der Waals surface area contributed by atoms with Gasteiger partial charge >= 0.3 is 0 Å². The maximum atomic E-state index is 11.9. The van der Waals surface area contributed by atoms with Crippen molar-refractivity contribution in [3.8, 4) is 11.4 Å². The van der Waals surface area contributed by atoms with E-state index in [1.54, 1.807) is 18.5 Å². The summed E-state index contributed by atoms with van der Waals surface area (Å²) in [6, 6.07) is 11.3. The smallest absolute Gasteiger partial charge is 0.231 e. The first kappa shape index (κ1) is 16.6. The minimum atomic E-state index is -0.0473. The van der Waals surface area contributed by atoms with Crippen LogP contribution in [0, 0.1) is 0 Å². The molecule has 0 aliphatic carbocycles. The first-order chi connectivity index (χ1) is 12.3. The molecule has 6 heteroatoms. The van der Waals surface area contributed by atoms with E-state index in [1.165, 1.54) is 0 Å². The molecule has 1 amide bonds. The van der Waals surface area contributed by atoms with Crippen LogP contribution in [0.4, 0.5) is 5.69 Å². The molecule has 0 radical (unpaired) electrons. The highest BCUT2D eigenvalue weighted by molar-refractivity contribution is 5.91. The van der Waals surface area contributed by atoms with Gasteiger partial charge in [-0.2, -0.15) is 4.98 Å². The summed E-state index contributed by atoms with van der Waals surface area (Å²) >= 11 is 0. The summed E-state index contributed by atoms with van der Waals surface area (Å²) in [6.07, 6.45) is 6.59. The quantitative estimate of drug-likeness (QED) is 0.667. The van der Waals surface area contributed by atoms with E-state index in [0.717, 1.165) is 16.8 Å². The van der Waals surface area contributed by atoms with Crippen molar-refractivity contribution < 1.29 is 9.32 Å². The van der Waals surface area contributed by atoms with Gasteiger partial charge in [0.25, 0.3) is 0 Å². The highest BCUT2D eigenvalue weighted by Crippen LogP contribution is 2.21. The number of para-hydroxylation sites is 1. The number of allylic oxidation sites excluding steroid dienone is 1. The number of carbonyl (C=O) groups is 1. The number of pyridine rings is 1. The molecule has 1 N–H and O–H groups in total. The predicted octanol–water partition coefficient (Wildman–Crippen LogP) is 3.63. The van der Waals surface area contributed by atoms with E-state index in [4.69, 9.17) is 4.52 Å². The van der Waals surface area contributed by atoms with E-state index in [-0.39, 0.29) is 5.91 Å². The number of benzene rings is 1. The van der Waals surface area contributed by atoms with Crippen molar-refractivity contribution in [3.05, 3.63) is 72.9 Å². The second-order valence-electron chi connectivity index (χ2n) is 5.46. The number of amides is 1. The van der Waals surface area contributed by atoms with Gasteiger partial charge in [0.2, 0.25) is 17.6 Å². The molecule has 0 fully saturated rings. The highest BCUT2D eigenvalue weighted by Gasteiger charge is 2.12. The number of hydrogen-bond donors (Lipinski definition) is 1. The molecule has 6 nitrogen and oxygen atoms in total.